The summed E-state index contributed by atoms with van der Waals surface area (Å²) in [5.74, 6) is 0.0617. The average Bonchev–Trinajstić information content (AvgIpc) is 2.94. The highest BCUT2D eigenvalue weighted by Gasteiger charge is 2.46. The molecule has 0 radical (unpaired) electrons. The van der Waals surface area contributed by atoms with Gasteiger partial charge in [0.2, 0.25) is 5.76 Å². The second kappa shape index (κ2) is 4.33. The van der Waals surface area contributed by atoms with Crippen LogP contribution in [0.5, 0.6) is 0 Å². The van der Waals surface area contributed by atoms with Crippen LogP contribution in [0.4, 0.5) is 0 Å². The molecule has 1 aromatic heterocycles. The number of sulfone groups is 1. The topological polar surface area (TPSA) is 80.5 Å². The van der Waals surface area contributed by atoms with Gasteiger partial charge in [-0.25, -0.2) is 8.42 Å². The van der Waals surface area contributed by atoms with E-state index in [-0.39, 0.29) is 29.0 Å². The molecule has 2 saturated heterocycles. The summed E-state index contributed by atoms with van der Waals surface area (Å²) in [5, 5.41) is 3.23. The molecule has 3 heterocycles. The molecule has 2 aliphatic rings. The zero-order chi connectivity index (χ0) is 13.6. The van der Waals surface area contributed by atoms with Gasteiger partial charge in [-0.2, -0.15) is 0 Å². The maximum Gasteiger partial charge on any atom is 0.292 e. The van der Waals surface area contributed by atoms with Crippen molar-refractivity contribution >= 4 is 15.7 Å². The van der Waals surface area contributed by atoms with E-state index in [0.29, 0.717) is 12.8 Å². The van der Waals surface area contributed by atoms with Gasteiger partial charge in [0.25, 0.3) is 5.91 Å². The Kier molecular flexibility index (Phi) is 2.88. The van der Waals surface area contributed by atoms with Crippen molar-refractivity contribution in [3.63, 3.8) is 0 Å². The molecule has 3 rings (SSSR count). The molecular weight excluding hydrogens is 268 g/mol. The molecule has 0 aliphatic carbocycles. The molecule has 2 aliphatic heterocycles. The van der Waals surface area contributed by atoms with Gasteiger partial charge in [0.1, 0.15) is 9.84 Å². The largest absolute Gasteiger partial charge is 0.351 e. The lowest BCUT2D eigenvalue weighted by molar-refractivity contribution is 0.0556. The van der Waals surface area contributed by atoms with E-state index in [1.54, 1.807) is 11.0 Å². The monoisotopic (exact) mass is 284 g/mol. The summed E-state index contributed by atoms with van der Waals surface area (Å²) in [5.41, 5.74) is 0. The van der Waals surface area contributed by atoms with E-state index in [0.717, 1.165) is 12.8 Å². The van der Waals surface area contributed by atoms with Crippen LogP contribution in [0.15, 0.2) is 16.8 Å². The summed E-state index contributed by atoms with van der Waals surface area (Å²) in [6.45, 7) is 0. The van der Waals surface area contributed by atoms with E-state index < -0.39 is 9.84 Å². The number of nitrogens with zero attached hydrogens (tertiary/aromatic N) is 2. The highest BCUT2D eigenvalue weighted by Crippen LogP contribution is 2.38. The Hall–Kier alpha value is -1.37. The number of amides is 1. The summed E-state index contributed by atoms with van der Waals surface area (Å²) in [4.78, 5) is 14.1. The molecule has 2 atom stereocenters. The van der Waals surface area contributed by atoms with Gasteiger partial charge >= 0.3 is 0 Å². The highest BCUT2D eigenvalue weighted by molar-refractivity contribution is 7.91. The minimum Gasteiger partial charge on any atom is -0.351 e. The molecule has 0 spiro atoms. The molecule has 19 heavy (non-hydrogen) atoms. The molecule has 2 fully saturated rings. The van der Waals surface area contributed by atoms with Gasteiger partial charge in [-0.1, -0.05) is 5.16 Å². The molecule has 1 amide bonds. The summed E-state index contributed by atoms with van der Waals surface area (Å²) < 4.78 is 28.3. The van der Waals surface area contributed by atoms with E-state index in [1.165, 1.54) is 12.5 Å². The van der Waals surface area contributed by atoms with Gasteiger partial charge in [0.15, 0.2) is 0 Å². The molecule has 0 aromatic carbocycles. The van der Waals surface area contributed by atoms with Crippen molar-refractivity contribution in [1.82, 2.24) is 10.1 Å². The molecule has 0 saturated carbocycles. The lowest BCUT2D eigenvalue weighted by Gasteiger charge is -2.37. The third kappa shape index (κ3) is 2.16. The van der Waals surface area contributed by atoms with Crippen molar-refractivity contribution in [2.24, 2.45) is 0 Å². The predicted molar refractivity (Wildman–Crippen MR) is 67.3 cm³/mol. The Morgan fingerprint density at radius 1 is 1.37 bits per heavy atom. The van der Waals surface area contributed by atoms with Gasteiger partial charge in [0.05, 0.1) is 11.4 Å². The lowest BCUT2D eigenvalue weighted by Crippen LogP contribution is -2.49. The Morgan fingerprint density at radius 3 is 2.47 bits per heavy atom. The smallest absolute Gasteiger partial charge is 0.292 e. The molecule has 7 heteroatoms. The molecule has 2 unspecified atom stereocenters. The van der Waals surface area contributed by atoms with Gasteiger partial charge in [-0.15, -0.1) is 0 Å². The first-order chi connectivity index (χ1) is 8.97. The zero-order valence-electron chi connectivity index (χ0n) is 10.7. The van der Waals surface area contributed by atoms with Crippen molar-refractivity contribution in [3.8, 4) is 0 Å². The third-order valence-electron chi connectivity index (χ3n) is 4.18. The first kappa shape index (κ1) is 12.7. The number of carbonyl (C=O) groups is 1. The van der Waals surface area contributed by atoms with E-state index in [9.17, 15) is 13.2 Å². The summed E-state index contributed by atoms with van der Waals surface area (Å²) in [6, 6.07) is 1.57. The first-order valence-electron chi connectivity index (χ1n) is 6.39. The number of hydrogen-bond acceptors (Lipinski definition) is 5. The van der Waals surface area contributed by atoms with Crippen molar-refractivity contribution in [2.75, 3.05) is 6.26 Å². The minimum absolute atomic E-state index is 0.0103. The van der Waals surface area contributed by atoms with E-state index >= 15 is 0 Å². The number of rotatable bonds is 2. The van der Waals surface area contributed by atoms with Crippen LogP contribution in [0.25, 0.3) is 0 Å². The minimum atomic E-state index is -3.03. The maximum absolute atomic E-state index is 12.3. The molecular formula is C12H16N2O4S. The molecule has 0 N–H and O–H groups in total. The lowest BCUT2D eigenvalue weighted by atomic mass is 10.0. The summed E-state index contributed by atoms with van der Waals surface area (Å²) in [7, 11) is -3.03. The maximum atomic E-state index is 12.3. The third-order valence-corrected chi connectivity index (χ3v) is 5.77. The van der Waals surface area contributed by atoms with E-state index in [2.05, 4.69) is 5.16 Å². The van der Waals surface area contributed by atoms with E-state index in [1.807, 2.05) is 0 Å². The number of piperidine rings is 1. The van der Waals surface area contributed by atoms with Crippen LogP contribution in [0, 0.1) is 0 Å². The second-order valence-electron chi connectivity index (χ2n) is 5.40. The van der Waals surface area contributed by atoms with Gasteiger partial charge in [0, 0.05) is 24.4 Å². The molecule has 2 bridgehead atoms. The van der Waals surface area contributed by atoms with Crippen molar-refractivity contribution in [1.29, 1.82) is 0 Å². The predicted octanol–water partition coefficient (Wildman–Crippen LogP) is 0.855. The highest BCUT2D eigenvalue weighted by atomic mass is 32.2. The first-order valence-corrected chi connectivity index (χ1v) is 8.34. The summed E-state index contributed by atoms with van der Waals surface area (Å²) >= 11 is 0. The average molecular weight is 284 g/mol. The Labute approximate surface area is 111 Å². The van der Waals surface area contributed by atoms with E-state index in [4.69, 9.17) is 4.52 Å². The Morgan fingerprint density at radius 2 is 2.00 bits per heavy atom. The van der Waals surface area contributed by atoms with Gasteiger partial charge < -0.3 is 9.42 Å². The molecule has 6 nitrogen and oxygen atoms in total. The number of hydrogen-bond donors (Lipinski definition) is 0. The Bertz CT molecular complexity index is 567. The van der Waals surface area contributed by atoms with Crippen molar-refractivity contribution in [3.05, 3.63) is 18.0 Å². The number of fused-ring (bicyclic) bond motifs is 2. The Balaban J connectivity index is 1.82. The number of aromatic nitrogens is 1. The van der Waals surface area contributed by atoms with Crippen LogP contribution in [0.1, 0.15) is 36.2 Å². The molecule has 1 aromatic rings. The SMILES string of the molecule is CS(=O)(=O)C1CC2CCC(C1)N2C(=O)c1ccno1. The molecule has 104 valence electrons. The number of carbonyl (C=O) groups excluding carboxylic acids is 1. The fourth-order valence-electron chi connectivity index (χ4n) is 3.26. The van der Waals surface area contributed by atoms with Crippen LogP contribution < -0.4 is 0 Å². The van der Waals surface area contributed by atoms with Gasteiger partial charge in [-0.3, -0.25) is 4.79 Å². The van der Waals surface area contributed by atoms with Crippen LogP contribution in [0.3, 0.4) is 0 Å². The quantitative estimate of drug-likeness (QED) is 0.804. The van der Waals surface area contributed by atoms with Crippen LogP contribution >= 0.6 is 0 Å². The van der Waals surface area contributed by atoms with Crippen molar-refractivity contribution < 1.29 is 17.7 Å². The fourth-order valence-corrected chi connectivity index (χ4v) is 4.41. The summed E-state index contributed by atoms with van der Waals surface area (Å²) in [6.07, 6.45) is 5.54. The fraction of sp³-hybridized carbons (Fsp3) is 0.667. The van der Waals surface area contributed by atoms with Crippen LogP contribution in [-0.4, -0.2) is 48.0 Å². The van der Waals surface area contributed by atoms with Crippen LogP contribution in [-0.2, 0) is 9.84 Å². The van der Waals surface area contributed by atoms with Gasteiger partial charge in [-0.05, 0) is 25.7 Å². The standard InChI is InChI=1S/C12H16N2O4S/c1-19(16,17)10-6-8-2-3-9(7-10)14(8)12(15)11-4-5-13-18-11/h4-5,8-10H,2-3,6-7H2,1H3. The normalized spacial score (nSPS) is 30.6. The van der Waals surface area contributed by atoms with Crippen LogP contribution in [0.2, 0.25) is 0 Å². The second-order valence-corrected chi connectivity index (χ2v) is 7.72. The van der Waals surface area contributed by atoms with Crippen molar-refractivity contribution in [2.45, 2.75) is 43.0 Å². The zero-order valence-corrected chi connectivity index (χ0v) is 11.5.